The van der Waals surface area contributed by atoms with Crippen LogP contribution in [0.15, 0.2) is 0 Å². The number of carbonyl (C=O) groups excluding carboxylic acids is 1. The van der Waals surface area contributed by atoms with Crippen molar-refractivity contribution in [3.8, 4) is 0 Å². The van der Waals surface area contributed by atoms with Crippen molar-refractivity contribution in [1.29, 1.82) is 0 Å². The van der Waals surface area contributed by atoms with E-state index in [1.807, 2.05) is 0 Å². The molecule has 0 heterocycles. The predicted molar refractivity (Wildman–Crippen MR) is 61.7 cm³/mol. The van der Waals surface area contributed by atoms with Crippen molar-refractivity contribution in [3.63, 3.8) is 0 Å². The number of carbonyl (C=O) groups is 1. The van der Waals surface area contributed by atoms with Crippen LogP contribution in [-0.4, -0.2) is 12.1 Å². The van der Waals surface area contributed by atoms with Crippen LogP contribution >= 0.6 is 0 Å². The van der Waals surface area contributed by atoms with Gasteiger partial charge in [0.15, 0.2) is 0 Å². The highest BCUT2D eigenvalue weighted by Gasteiger charge is 2.23. The molecule has 0 aromatic rings. The third-order valence-corrected chi connectivity index (χ3v) is 3.32. The largest absolute Gasteiger partial charge is 0.462 e. The second-order valence-corrected chi connectivity index (χ2v) is 4.59. The molecule has 1 aliphatic carbocycles. The molecule has 1 saturated carbocycles. The van der Waals surface area contributed by atoms with E-state index in [9.17, 15) is 4.79 Å². The Morgan fingerprint density at radius 3 is 2.53 bits per heavy atom. The fourth-order valence-corrected chi connectivity index (χ4v) is 2.21. The maximum absolute atomic E-state index is 11.8. The van der Waals surface area contributed by atoms with Gasteiger partial charge in [-0.25, -0.2) is 0 Å². The normalized spacial score (nSPS) is 19.1. The molecule has 1 fully saturated rings. The minimum atomic E-state index is 0.0536. The maximum atomic E-state index is 11.8. The molecule has 1 unspecified atom stereocenters. The molecule has 1 aliphatic rings. The topological polar surface area (TPSA) is 26.3 Å². The van der Waals surface area contributed by atoms with Crippen molar-refractivity contribution in [3.05, 3.63) is 0 Å². The van der Waals surface area contributed by atoms with E-state index in [2.05, 4.69) is 13.8 Å². The molecule has 1 atom stereocenters. The van der Waals surface area contributed by atoms with Crippen LogP contribution in [0.1, 0.15) is 65.2 Å². The van der Waals surface area contributed by atoms with E-state index in [1.165, 1.54) is 12.8 Å². The van der Waals surface area contributed by atoms with Crippen LogP contribution < -0.4 is 0 Å². The van der Waals surface area contributed by atoms with Gasteiger partial charge in [0.1, 0.15) is 6.10 Å². The van der Waals surface area contributed by atoms with Crippen molar-refractivity contribution in [1.82, 2.24) is 0 Å². The van der Waals surface area contributed by atoms with E-state index in [4.69, 9.17) is 4.74 Å². The minimum Gasteiger partial charge on any atom is -0.462 e. The quantitative estimate of drug-likeness (QED) is 0.628. The first kappa shape index (κ1) is 12.5. The number of ether oxygens (including phenoxy) is 1. The predicted octanol–water partition coefficient (Wildman–Crippen LogP) is 3.69. The van der Waals surface area contributed by atoms with Gasteiger partial charge < -0.3 is 4.74 Å². The molecule has 0 amide bonds. The van der Waals surface area contributed by atoms with Crippen molar-refractivity contribution in [2.24, 2.45) is 5.92 Å². The van der Waals surface area contributed by atoms with Gasteiger partial charge in [-0.05, 0) is 38.5 Å². The summed E-state index contributed by atoms with van der Waals surface area (Å²) >= 11 is 0. The lowest BCUT2D eigenvalue weighted by Gasteiger charge is -2.17. The third kappa shape index (κ3) is 4.23. The molecule has 0 saturated heterocycles. The van der Waals surface area contributed by atoms with Gasteiger partial charge in [0.2, 0.25) is 0 Å². The van der Waals surface area contributed by atoms with Crippen LogP contribution in [0.25, 0.3) is 0 Å². The Morgan fingerprint density at radius 1 is 1.33 bits per heavy atom. The molecular weight excluding hydrogens is 188 g/mol. The molecule has 2 heteroatoms. The Labute approximate surface area is 93.4 Å². The highest BCUT2D eigenvalue weighted by Crippen LogP contribution is 2.23. The summed E-state index contributed by atoms with van der Waals surface area (Å²) in [4.78, 5) is 11.8. The number of hydrogen-bond donors (Lipinski definition) is 0. The number of hydrogen-bond acceptors (Lipinski definition) is 2. The molecule has 15 heavy (non-hydrogen) atoms. The van der Waals surface area contributed by atoms with Gasteiger partial charge in [-0.3, -0.25) is 4.79 Å². The fraction of sp³-hybridized carbons (Fsp3) is 0.923. The van der Waals surface area contributed by atoms with Gasteiger partial charge in [-0.15, -0.1) is 0 Å². The average Bonchev–Trinajstić information content (AvgIpc) is 2.71. The Balaban J connectivity index is 2.28. The monoisotopic (exact) mass is 212 g/mol. The van der Waals surface area contributed by atoms with Gasteiger partial charge in [0, 0.05) is 0 Å². The van der Waals surface area contributed by atoms with E-state index in [0.717, 1.165) is 38.5 Å². The second-order valence-electron chi connectivity index (χ2n) is 4.59. The van der Waals surface area contributed by atoms with E-state index < -0.39 is 0 Å². The van der Waals surface area contributed by atoms with E-state index in [1.54, 1.807) is 0 Å². The molecular formula is C13H24O2. The first-order valence-electron chi connectivity index (χ1n) is 6.48. The summed E-state index contributed by atoms with van der Waals surface area (Å²) in [6, 6.07) is 0. The Kier molecular flexibility index (Phi) is 5.74. The smallest absolute Gasteiger partial charge is 0.309 e. The van der Waals surface area contributed by atoms with E-state index in [0.29, 0.717) is 0 Å². The lowest BCUT2D eigenvalue weighted by molar-refractivity contribution is -0.154. The Hall–Kier alpha value is -0.530. The molecule has 2 nitrogen and oxygen atoms in total. The van der Waals surface area contributed by atoms with Crippen molar-refractivity contribution in [2.45, 2.75) is 71.3 Å². The molecule has 0 spiro atoms. The van der Waals surface area contributed by atoms with E-state index >= 15 is 0 Å². The lowest BCUT2D eigenvalue weighted by atomic mass is 9.99. The minimum absolute atomic E-state index is 0.0536. The van der Waals surface area contributed by atoms with Gasteiger partial charge in [-0.2, -0.15) is 0 Å². The first-order valence-corrected chi connectivity index (χ1v) is 6.48. The number of esters is 1. The summed E-state index contributed by atoms with van der Waals surface area (Å²) in [5.41, 5.74) is 0. The first-order chi connectivity index (χ1) is 7.27. The van der Waals surface area contributed by atoms with Crippen LogP contribution in [0.4, 0.5) is 0 Å². The Bertz CT molecular complexity index is 183. The number of rotatable bonds is 6. The maximum Gasteiger partial charge on any atom is 0.309 e. The second kappa shape index (κ2) is 6.86. The van der Waals surface area contributed by atoms with Crippen molar-refractivity contribution in [2.75, 3.05) is 0 Å². The molecule has 0 bridgehead atoms. The summed E-state index contributed by atoms with van der Waals surface area (Å²) < 4.78 is 5.52. The molecule has 0 aromatic carbocycles. The van der Waals surface area contributed by atoms with E-state index in [-0.39, 0.29) is 18.0 Å². The highest BCUT2D eigenvalue weighted by molar-refractivity contribution is 5.72. The van der Waals surface area contributed by atoms with Gasteiger partial charge in [-0.1, -0.05) is 26.7 Å². The zero-order valence-electron chi connectivity index (χ0n) is 10.1. The van der Waals surface area contributed by atoms with Gasteiger partial charge in [0.05, 0.1) is 5.92 Å². The standard InChI is InChI=1S/C13H24O2/c1-3-5-8-11(4-2)13(14)15-12-9-6-7-10-12/h11-12H,3-10H2,1-2H3. The SMILES string of the molecule is CCCCC(CC)C(=O)OC1CCCC1. The summed E-state index contributed by atoms with van der Waals surface area (Å²) in [5.74, 6) is 0.198. The number of unbranched alkanes of at least 4 members (excludes halogenated alkanes) is 1. The van der Waals surface area contributed by atoms with Crippen molar-refractivity contribution >= 4 is 5.97 Å². The zero-order chi connectivity index (χ0) is 11.1. The molecule has 1 rings (SSSR count). The van der Waals surface area contributed by atoms with Gasteiger partial charge in [0.25, 0.3) is 0 Å². The molecule has 0 aromatic heterocycles. The van der Waals surface area contributed by atoms with Gasteiger partial charge >= 0.3 is 5.97 Å². The molecule has 88 valence electrons. The summed E-state index contributed by atoms with van der Waals surface area (Å²) in [5, 5.41) is 0. The summed E-state index contributed by atoms with van der Waals surface area (Å²) in [6.07, 6.45) is 9.06. The highest BCUT2D eigenvalue weighted by atomic mass is 16.5. The summed E-state index contributed by atoms with van der Waals surface area (Å²) in [6.45, 7) is 4.24. The molecule has 0 N–H and O–H groups in total. The molecule has 0 radical (unpaired) electrons. The molecule has 0 aliphatic heterocycles. The van der Waals surface area contributed by atoms with Crippen LogP contribution in [0.5, 0.6) is 0 Å². The van der Waals surface area contributed by atoms with Crippen LogP contribution in [0.3, 0.4) is 0 Å². The zero-order valence-corrected chi connectivity index (χ0v) is 10.1. The summed E-state index contributed by atoms with van der Waals surface area (Å²) in [7, 11) is 0. The third-order valence-electron chi connectivity index (χ3n) is 3.32. The van der Waals surface area contributed by atoms with Crippen LogP contribution in [-0.2, 0) is 9.53 Å². The lowest BCUT2D eigenvalue weighted by Crippen LogP contribution is -2.22. The van der Waals surface area contributed by atoms with Crippen LogP contribution in [0, 0.1) is 5.92 Å². The fourth-order valence-electron chi connectivity index (χ4n) is 2.21. The Morgan fingerprint density at radius 2 is 2.00 bits per heavy atom. The van der Waals surface area contributed by atoms with Crippen molar-refractivity contribution < 1.29 is 9.53 Å². The van der Waals surface area contributed by atoms with Crippen LogP contribution in [0.2, 0.25) is 0 Å². The average molecular weight is 212 g/mol.